The number of nitrogens with zero attached hydrogens (tertiary/aromatic N) is 1. The molecule has 2 aliphatic carbocycles. The van der Waals surface area contributed by atoms with Gasteiger partial charge in [0.15, 0.2) is 0 Å². The Kier molecular flexibility index (Phi) is 4.49. The molecule has 2 N–H and O–H groups in total. The van der Waals surface area contributed by atoms with E-state index in [1.54, 1.807) is 0 Å². The first kappa shape index (κ1) is 14.8. The molecule has 0 aromatic carbocycles. The van der Waals surface area contributed by atoms with Crippen LogP contribution in [-0.2, 0) is 4.79 Å². The first-order valence-corrected chi connectivity index (χ1v) is 7.92. The van der Waals surface area contributed by atoms with E-state index in [1.165, 1.54) is 32.1 Å². The second-order valence-electron chi connectivity index (χ2n) is 6.65. The van der Waals surface area contributed by atoms with E-state index in [4.69, 9.17) is 18.0 Å². The Morgan fingerprint density at radius 2 is 1.89 bits per heavy atom. The zero-order valence-corrected chi connectivity index (χ0v) is 13.0. The van der Waals surface area contributed by atoms with Gasteiger partial charge in [-0.3, -0.25) is 4.79 Å². The standard InChI is InChI=1S/C15H26N2OS/c1-11-8-15(9-11,13(16)19)14(18)17(2)10-12-6-4-3-5-7-12/h11-12H,3-10H2,1-2H3,(H2,16,19). The van der Waals surface area contributed by atoms with E-state index >= 15 is 0 Å². The molecule has 0 radical (unpaired) electrons. The van der Waals surface area contributed by atoms with E-state index in [-0.39, 0.29) is 5.91 Å². The molecule has 2 fully saturated rings. The number of thiocarbonyl (C=S) groups is 1. The van der Waals surface area contributed by atoms with Crippen LogP contribution in [0.25, 0.3) is 0 Å². The molecule has 1 amide bonds. The quantitative estimate of drug-likeness (QED) is 0.807. The van der Waals surface area contributed by atoms with Crippen LogP contribution in [0.15, 0.2) is 0 Å². The molecule has 0 spiro atoms. The minimum Gasteiger partial charge on any atom is -0.392 e. The van der Waals surface area contributed by atoms with Crippen LogP contribution < -0.4 is 5.73 Å². The van der Waals surface area contributed by atoms with Crippen molar-refractivity contribution in [3.8, 4) is 0 Å². The molecule has 108 valence electrons. The van der Waals surface area contributed by atoms with Gasteiger partial charge in [-0.1, -0.05) is 38.4 Å². The van der Waals surface area contributed by atoms with Crippen molar-refractivity contribution in [2.45, 2.75) is 51.9 Å². The summed E-state index contributed by atoms with van der Waals surface area (Å²) >= 11 is 5.16. The SMILES string of the molecule is CC1CC(C(=O)N(C)CC2CCCCC2)(C(N)=S)C1. The average Bonchev–Trinajstić information content (AvgIpc) is 2.34. The Hall–Kier alpha value is -0.640. The number of rotatable bonds is 4. The monoisotopic (exact) mass is 282 g/mol. The number of carbonyl (C=O) groups excluding carboxylic acids is 1. The van der Waals surface area contributed by atoms with Crippen molar-refractivity contribution in [2.24, 2.45) is 23.0 Å². The number of nitrogens with two attached hydrogens (primary N) is 1. The van der Waals surface area contributed by atoms with Crippen molar-refractivity contribution in [2.75, 3.05) is 13.6 Å². The third-order valence-electron chi connectivity index (χ3n) is 4.88. The molecule has 0 bridgehead atoms. The van der Waals surface area contributed by atoms with Crippen LogP contribution in [0.2, 0.25) is 0 Å². The molecule has 4 heteroatoms. The number of carbonyl (C=O) groups is 1. The molecule has 0 saturated heterocycles. The Morgan fingerprint density at radius 1 is 1.32 bits per heavy atom. The average molecular weight is 282 g/mol. The molecule has 0 unspecified atom stereocenters. The van der Waals surface area contributed by atoms with Gasteiger partial charge in [0, 0.05) is 13.6 Å². The number of amides is 1. The van der Waals surface area contributed by atoms with E-state index in [2.05, 4.69) is 6.92 Å². The van der Waals surface area contributed by atoms with E-state index in [0.717, 1.165) is 19.4 Å². The van der Waals surface area contributed by atoms with Crippen molar-refractivity contribution in [1.82, 2.24) is 4.90 Å². The summed E-state index contributed by atoms with van der Waals surface area (Å²) in [6, 6.07) is 0. The van der Waals surface area contributed by atoms with Gasteiger partial charge in [0.2, 0.25) is 5.91 Å². The first-order chi connectivity index (χ1) is 8.95. The molecule has 0 aromatic heterocycles. The molecule has 0 aromatic rings. The lowest BCUT2D eigenvalue weighted by atomic mass is 9.61. The first-order valence-electron chi connectivity index (χ1n) is 7.51. The summed E-state index contributed by atoms with van der Waals surface area (Å²) < 4.78 is 0. The third-order valence-corrected chi connectivity index (χ3v) is 5.27. The maximum atomic E-state index is 12.7. The van der Waals surface area contributed by atoms with Crippen LogP contribution >= 0.6 is 12.2 Å². The van der Waals surface area contributed by atoms with Crippen molar-refractivity contribution in [1.29, 1.82) is 0 Å². The lowest BCUT2D eigenvalue weighted by molar-refractivity contribution is -0.143. The largest absolute Gasteiger partial charge is 0.392 e. The molecule has 0 heterocycles. The molecule has 2 saturated carbocycles. The lowest BCUT2D eigenvalue weighted by Crippen LogP contribution is -2.56. The molecule has 3 nitrogen and oxygen atoms in total. The molecular weight excluding hydrogens is 256 g/mol. The maximum absolute atomic E-state index is 12.7. The van der Waals surface area contributed by atoms with Crippen LogP contribution in [0.3, 0.4) is 0 Å². The van der Waals surface area contributed by atoms with Gasteiger partial charge in [-0.15, -0.1) is 0 Å². The smallest absolute Gasteiger partial charge is 0.235 e. The van der Waals surface area contributed by atoms with Crippen LogP contribution in [0.4, 0.5) is 0 Å². The van der Waals surface area contributed by atoms with Crippen molar-refractivity contribution < 1.29 is 4.79 Å². The highest BCUT2D eigenvalue weighted by Crippen LogP contribution is 2.47. The minimum absolute atomic E-state index is 0.156. The van der Waals surface area contributed by atoms with Crippen LogP contribution in [0.5, 0.6) is 0 Å². The van der Waals surface area contributed by atoms with Gasteiger partial charge in [0.05, 0.1) is 10.4 Å². The van der Waals surface area contributed by atoms with E-state index in [1.807, 2.05) is 11.9 Å². The fraction of sp³-hybridized carbons (Fsp3) is 0.867. The predicted molar refractivity (Wildman–Crippen MR) is 81.8 cm³/mol. The van der Waals surface area contributed by atoms with E-state index < -0.39 is 5.41 Å². The van der Waals surface area contributed by atoms with Gasteiger partial charge in [-0.2, -0.15) is 0 Å². The van der Waals surface area contributed by atoms with Crippen molar-refractivity contribution >= 4 is 23.1 Å². The number of hydrogen-bond donors (Lipinski definition) is 1. The van der Waals surface area contributed by atoms with Gasteiger partial charge < -0.3 is 10.6 Å². The summed E-state index contributed by atoms with van der Waals surface area (Å²) in [7, 11) is 1.92. The molecular formula is C15H26N2OS. The normalized spacial score (nSPS) is 31.6. The van der Waals surface area contributed by atoms with Gasteiger partial charge >= 0.3 is 0 Å². The summed E-state index contributed by atoms with van der Waals surface area (Å²) in [5, 5.41) is 0. The summed E-state index contributed by atoms with van der Waals surface area (Å²) in [4.78, 5) is 15.0. The number of hydrogen-bond acceptors (Lipinski definition) is 2. The van der Waals surface area contributed by atoms with Gasteiger partial charge in [0.25, 0.3) is 0 Å². The molecule has 19 heavy (non-hydrogen) atoms. The molecule has 0 atom stereocenters. The Bertz CT molecular complexity index is 357. The van der Waals surface area contributed by atoms with Crippen molar-refractivity contribution in [3.63, 3.8) is 0 Å². The second-order valence-corrected chi connectivity index (χ2v) is 7.09. The van der Waals surface area contributed by atoms with E-state index in [9.17, 15) is 4.79 Å². The van der Waals surface area contributed by atoms with Crippen molar-refractivity contribution in [3.05, 3.63) is 0 Å². The van der Waals surface area contributed by atoms with Crippen LogP contribution in [-0.4, -0.2) is 29.4 Å². The summed E-state index contributed by atoms with van der Waals surface area (Å²) in [6.07, 6.45) is 8.14. The third kappa shape index (κ3) is 2.93. The topological polar surface area (TPSA) is 46.3 Å². The fourth-order valence-corrected chi connectivity index (χ4v) is 4.07. The van der Waals surface area contributed by atoms with Crippen LogP contribution in [0.1, 0.15) is 51.9 Å². The van der Waals surface area contributed by atoms with Gasteiger partial charge in [-0.25, -0.2) is 0 Å². The summed E-state index contributed by atoms with van der Waals surface area (Å²) in [5.74, 6) is 1.39. The Balaban J connectivity index is 1.95. The fourth-order valence-electron chi connectivity index (χ4n) is 3.82. The van der Waals surface area contributed by atoms with E-state index in [0.29, 0.717) is 16.8 Å². The minimum atomic E-state index is -0.530. The van der Waals surface area contributed by atoms with Gasteiger partial charge in [0.1, 0.15) is 0 Å². The summed E-state index contributed by atoms with van der Waals surface area (Å²) in [6.45, 7) is 3.03. The lowest BCUT2D eigenvalue weighted by Gasteiger charge is -2.46. The highest BCUT2D eigenvalue weighted by molar-refractivity contribution is 7.80. The maximum Gasteiger partial charge on any atom is 0.235 e. The highest BCUT2D eigenvalue weighted by atomic mass is 32.1. The molecule has 2 aliphatic rings. The molecule has 2 rings (SSSR count). The summed E-state index contributed by atoms with van der Waals surface area (Å²) in [5.41, 5.74) is 5.32. The molecule has 0 aliphatic heterocycles. The van der Waals surface area contributed by atoms with Gasteiger partial charge in [-0.05, 0) is 37.5 Å². The van der Waals surface area contributed by atoms with Crippen LogP contribution in [0, 0.1) is 17.3 Å². The zero-order valence-electron chi connectivity index (χ0n) is 12.2. The zero-order chi connectivity index (χ0) is 14.0. The Morgan fingerprint density at radius 3 is 2.37 bits per heavy atom. The predicted octanol–water partition coefficient (Wildman–Crippen LogP) is 2.73. The second kappa shape index (κ2) is 5.78. The Labute approximate surface area is 121 Å². The highest BCUT2D eigenvalue weighted by Gasteiger charge is 2.52.